The van der Waals surface area contributed by atoms with E-state index >= 15 is 0 Å². The number of nitrogens with one attached hydrogen (secondary N) is 1. The van der Waals surface area contributed by atoms with E-state index in [0.29, 0.717) is 33.8 Å². The lowest BCUT2D eigenvalue weighted by Crippen LogP contribution is -2.57. The molecule has 3 aromatic carbocycles. The van der Waals surface area contributed by atoms with Crippen molar-refractivity contribution in [2.24, 2.45) is 4.99 Å². The lowest BCUT2D eigenvalue weighted by molar-refractivity contribution is -0.120. The minimum Gasteiger partial charge on any atom is -0.323 e. The number of carbonyl (C=O) groups excluding carboxylic acids is 1. The van der Waals surface area contributed by atoms with Gasteiger partial charge in [0, 0.05) is 23.4 Å². The lowest BCUT2D eigenvalue weighted by atomic mass is 9.81. The van der Waals surface area contributed by atoms with E-state index in [9.17, 15) is 18.0 Å². The number of hydrogen-bond donors (Lipinski definition) is 1. The quantitative estimate of drug-likeness (QED) is 0.542. The molecule has 5 rings (SSSR count). The zero-order valence-corrected chi connectivity index (χ0v) is 17.6. The smallest absolute Gasteiger partial charge is 0.255 e. The van der Waals surface area contributed by atoms with E-state index in [2.05, 4.69) is 10.3 Å². The van der Waals surface area contributed by atoms with Gasteiger partial charge in [-0.25, -0.2) is 18.2 Å². The van der Waals surface area contributed by atoms with Crippen LogP contribution in [0.2, 0.25) is 0 Å². The van der Waals surface area contributed by atoms with Gasteiger partial charge in [0.05, 0.1) is 5.71 Å². The van der Waals surface area contributed by atoms with Gasteiger partial charge < -0.3 is 5.32 Å². The van der Waals surface area contributed by atoms with E-state index in [4.69, 9.17) is 12.2 Å². The summed E-state index contributed by atoms with van der Waals surface area (Å²) in [6.07, 6.45) is 0.0534. The summed E-state index contributed by atoms with van der Waals surface area (Å²) in [7, 11) is 0. The Labute approximate surface area is 187 Å². The van der Waals surface area contributed by atoms with Gasteiger partial charge in [-0.2, -0.15) is 0 Å². The molecule has 0 saturated carbocycles. The van der Waals surface area contributed by atoms with Crippen molar-refractivity contribution in [2.75, 3.05) is 10.2 Å². The van der Waals surface area contributed by atoms with Crippen molar-refractivity contribution >= 4 is 40.3 Å². The van der Waals surface area contributed by atoms with Crippen LogP contribution in [0.4, 0.5) is 24.5 Å². The number of anilines is 2. The van der Waals surface area contributed by atoms with Crippen molar-refractivity contribution in [3.05, 3.63) is 94.8 Å². The van der Waals surface area contributed by atoms with Crippen LogP contribution in [0.5, 0.6) is 0 Å². The Morgan fingerprint density at radius 1 is 1.00 bits per heavy atom. The number of amides is 1. The van der Waals surface area contributed by atoms with Crippen LogP contribution in [0.15, 0.2) is 65.7 Å². The average Bonchev–Trinajstić information content (AvgIpc) is 3.02. The number of hydrogen-bond acceptors (Lipinski definition) is 2. The molecule has 2 aliphatic rings. The summed E-state index contributed by atoms with van der Waals surface area (Å²) in [4.78, 5) is 19.6. The molecule has 8 heteroatoms. The second-order valence-corrected chi connectivity index (χ2v) is 8.16. The predicted octanol–water partition coefficient (Wildman–Crippen LogP) is 5.24. The molecule has 3 aromatic rings. The molecule has 1 atom stereocenters. The first-order valence-electron chi connectivity index (χ1n) is 9.85. The van der Waals surface area contributed by atoms with E-state index in [0.717, 1.165) is 0 Å². The number of halogens is 3. The van der Waals surface area contributed by atoms with Gasteiger partial charge in [0.1, 0.15) is 17.5 Å². The molecule has 0 fully saturated rings. The highest BCUT2D eigenvalue weighted by Crippen LogP contribution is 2.48. The first kappa shape index (κ1) is 20.4. The number of nitrogens with zero attached hydrogens (tertiary/aromatic N) is 2. The van der Waals surface area contributed by atoms with E-state index < -0.39 is 23.1 Å². The maximum absolute atomic E-state index is 14.3. The molecular formula is C24H16F3N3OS. The third kappa shape index (κ3) is 3.02. The number of aliphatic imine (C=N–C) groups is 1. The SMILES string of the molecule is Cc1cc(C2=NC(=S)N(c3ccc(F)cc3)[C@@]3(C2)C(=O)Nc2ccc(F)cc23)ccc1F. The van der Waals surface area contributed by atoms with Crippen LogP contribution in [0.25, 0.3) is 0 Å². The third-order valence-corrected chi connectivity index (χ3v) is 6.13. The van der Waals surface area contributed by atoms with Crippen molar-refractivity contribution in [2.45, 2.75) is 18.9 Å². The zero-order chi connectivity index (χ0) is 22.6. The van der Waals surface area contributed by atoms with Gasteiger partial charge in [-0.1, -0.05) is 6.07 Å². The fraction of sp³-hybridized carbons (Fsp3) is 0.125. The van der Waals surface area contributed by atoms with Crippen LogP contribution in [0, 0.1) is 24.4 Å². The van der Waals surface area contributed by atoms with E-state index in [1.165, 1.54) is 53.4 Å². The highest BCUT2D eigenvalue weighted by Gasteiger charge is 2.55. The molecule has 4 nitrogen and oxygen atoms in total. The number of carbonyl (C=O) groups is 1. The van der Waals surface area contributed by atoms with Crippen LogP contribution in [-0.2, 0) is 10.3 Å². The molecule has 0 unspecified atom stereocenters. The molecule has 0 bridgehead atoms. The second kappa shape index (κ2) is 7.27. The normalized spacial score (nSPS) is 19.8. The highest BCUT2D eigenvalue weighted by molar-refractivity contribution is 7.80. The molecule has 32 heavy (non-hydrogen) atoms. The fourth-order valence-electron chi connectivity index (χ4n) is 4.31. The van der Waals surface area contributed by atoms with Crippen molar-refractivity contribution in [1.82, 2.24) is 0 Å². The van der Waals surface area contributed by atoms with Crippen LogP contribution in [0.3, 0.4) is 0 Å². The summed E-state index contributed by atoms with van der Waals surface area (Å²) in [6, 6.07) is 14.1. The summed E-state index contributed by atoms with van der Waals surface area (Å²) in [5.41, 5.74) is 1.38. The van der Waals surface area contributed by atoms with Gasteiger partial charge in [0.2, 0.25) is 5.11 Å². The van der Waals surface area contributed by atoms with Crippen molar-refractivity contribution < 1.29 is 18.0 Å². The molecular weight excluding hydrogens is 435 g/mol. The van der Waals surface area contributed by atoms with E-state index in [1.54, 1.807) is 19.1 Å². The maximum Gasteiger partial charge on any atom is 0.255 e. The molecule has 0 aliphatic carbocycles. The lowest BCUT2D eigenvalue weighted by Gasteiger charge is -2.43. The Bertz CT molecular complexity index is 1320. The Balaban J connectivity index is 1.75. The predicted molar refractivity (Wildman–Crippen MR) is 120 cm³/mol. The first-order chi connectivity index (χ1) is 15.3. The summed E-state index contributed by atoms with van der Waals surface area (Å²) in [6.45, 7) is 1.63. The molecule has 160 valence electrons. The van der Waals surface area contributed by atoms with Gasteiger partial charge in [0.15, 0.2) is 5.54 Å². The minimum atomic E-state index is -1.44. The van der Waals surface area contributed by atoms with Gasteiger partial charge >= 0.3 is 0 Å². The Hall–Kier alpha value is -3.52. The molecule has 0 aromatic heterocycles. The summed E-state index contributed by atoms with van der Waals surface area (Å²) in [5, 5.41) is 2.88. The summed E-state index contributed by atoms with van der Waals surface area (Å²) in [5.74, 6) is -1.72. The second-order valence-electron chi connectivity index (χ2n) is 7.80. The zero-order valence-electron chi connectivity index (χ0n) is 16.8. The average molecular weight is 451 g/mol. The topological polar surface area (TPSA) is 44.7 Å². The number of aryl methyl sites for hydroxylation is 1. The first-order valence-corrected chi connectivity index (χ1v) is 10.3. The van der Waals surface area contributed by atoms with Gasteiger partial charge in [-0.05, 0) is 84.9 Å². The molecule has 1 amide bonds. The number of benzene rings is 3. The Kier molecular flexibility index (Phi) is 4.63. The largest absolute Gasteiger partial charge is 0.323 e. The molecule has 2 heterocycles. The highest BCUT2D eigenvalue weighted by atomic mass is 32.1. The number of fused-ring (bicyclic) bond motifs is 2. The maximum atomic E-state index is 14.3. The van der Waals surface area contributed by atoms with Gasteiger partial charge in [-0.15, -0.1) is 0 Å². The molecule has 1 spiro atoms. The summed E-state index contributed by atoms with van der Waals surface area (Å²) < 4.78 is 41.8. The Morgan fingerprint density at radius 2 is 1.72 bits per heavy atom. The standard InChI is InChI=1S/C24H16F3N3OS/c1-13-10-14(2-8-19(13)27)21-12-24(18-11-16(26)5-9-20(18)28-22(24)31)30(23(32)29-21)17-6-3-15(25)4-7-17/h2-11H,12H2,1H3,(H,28,31)/t24-/m1/s1. The van der Waals surface area contributed by atoms with Crippen molar-refractivity contribution in [1.29, 1.82) is 0 Å². The van der Waals surface area contributed by atoms with E-state index in [1.807, 2.05) is 0 Å². The summed E-state index contributed by atoms with van der Waals surface area (Å²) >= 11 is 5.60. The van der Waals surface area contributed by atoms with Crippen LogP contribution in [0.1, 0.15) is 23.1 Å². The monoisotopic (exact) mass is 451 g/mol. The van der Waals surface area contributed by atoms with E-state index in [-0.39, 0.29) is 17.4 Å². The van der Waals surface area contributed by atoms with Crippen LogP contribution >= 0.6 is 12.2 Å². The van der Waals surface area contributed by atoms with Crippen LogP contribution in [-0.4, -0.2) is 16.7 Å². The van der Waals surface area contributed by atoms with Crippen LogP contribution < -0.4 is 10.2 Å². The van der Waals surface area contributed by atoms with Crippen molar-refractivity contribution in [3.63, 3.8) is 0 Å². The third-order valence-electron chi connectivity index (χ3n) is 5.85. The molecule has 1 N–H and O–H groups in total. The van der Waals surface area contributed by atoms with Crippen molar-refractivity contribution in [3.8, 4) is 0 Å². The molecule has 0 radical (unpaired) electrons. The number of thiocarbonyl (C=S) groups is 1. The Morgan fingerprint density at radius 3 is 2.44 bits per heavy atom. The number of rotatable bonds is 2. The molecule has 2 aliphatic heterocycles. The van der Waals surface area contributed by atoms with Gasteiger partial charge in [0.25, 0.3) is 5.91 Å². The van der Waals surface area contributed by atoms with Gasteiger partial charge in [-0.3, -0.25) is 9.69 Å². The minimum absolute atomic E-state index is 0.0534. The molecule has 0 saturated heterocycles. The fourth-order valence-corrected chi connectivity index (χ4v) is 4.69.